The lowest BCUT2D eigenvalue weighted by Gasteiger charge is -2.38. The minimum atomic E-state index is -0.953. The summed E-state index contributed by atoms with van der Waals surface area (Å²) in [5, 5.41) is 17.5. The highest BCUT2D eigenvalue weighted by Gasteiger charge is 2.43. The fourth-order valence-corrected chi connectivity index (χ4v) is 9.97. The average molecular weight is 1080 g/mol. The summed E-state index contributed by atoms with van der Waals surface area (Å²) in [5.74, 6) is -2.65. The lowest BCUT2D eigenvalue weighted by atomic mass is 9.85. The molecule has 0 aromatic heterocycles. The van der Waals surface area contributed by atoms with Gasteiger partial charge in [-0.15, -0.1) is 0 Å². The van der Waals surface area contributed by atoms with Gasteiger partial charge in [-0.25, -0.2) is 0 Å². The van der Waals surface area contributed by atoms with E-state index in [0.717, 1.165) is 24.0 Å². The highest BCUT2D eigenvalue weighted by atomic mass is 16.2. The highest BCUT2D eigenvalue weighted by Crippen LogP contribution is 2.29. The van der Waals surface area contributed by atoms with Crippen LogP contribution in [-0.2, 0) is 41.6 Å². The van der Waals surface area contributed by atoms with Gasteiger partial charge in [0.25, 0.3) is 11.8 Å². The normalized spacial score (nSPS) is 17.9. The number of hydrogen-bond donors (Lipinski definition) is 6. The van der Waals surface area contributed by atoms with Crippen molar-refractivity contribution in [3.05, 3.63) is 107 Å². The van der Waals surface area contributed by atoms with Gasteiger partial charge in [0.15, 0.2) is 0 Å². The van der Waals surface area contributed by atoms with Gasteiger partial charge in [-0.1, -0.05) is 102 Å². The van der Waals surface area contributed by atoms with Crippen LogP contribution in [0.2, 0.25) is 0 Å². The molecule has 5 rings (SSSR count). The van der Waals surface area contributed by atoms with Crippen LogP contribution >= 0.6 is 0 Å². The summed E-state index contributed by atoms with van der Waals surface area (Å²) >= 11 is 0. The zero-order valence-electron chi connectivity index (χ0n) is 48.2. The largest absolute Gasteiger partial charge is 0.342 e. The van der Waals surface area contributed by atoms with E-state index in [4.69, 9.17) is 0 Å². The fourth-order valence-electron chi connectivity index (χ4n) is 9.97. The van der Waals surface area contributed by atoms with E-state index in [2.05, 4.69) is 31.9 Å². The van der Waals surface area contributed by atoms with Crippen LogP contribution in [0.5, 0.6) is 0 Å². The maximum absolute atomic E-state index is 14.4. The molecule has 2 fully saturated rings. The smallest absolute Gasteiger partial charge is 0.251 e. The minimum absolute atomic E-state index is 0.201. The molecule has 0 aliphatic carbocycles. The second-order valence-electron chi connectivity index (χ2n) is 23.3. The van der Waals surface area contributed by atoms with Crippen molar-refractivity contribution in [2.45, 2.75) is 156 Å². The number of nitrogens with one attached hydrogen (secondary N) is 6. The van der Waals surface area contributed by atoms with Crippen molar-refractivity contribution in [1.82, 2.24) is 51.5 Å². The molecule has 78 heavy (non-hydrogen) atoms. The van der Waals surface area contributed by atoms with E-state index in [1.54, 1.807) is 61.4 Å². The van der Waals surface area contributed by atoms with Crippen LogP contribution in [0, 0.1) is 10.8 Å². The van der Waals surface area contributed by atoms with Crippen LogP contribution in [0.3, 0.4) is 0 Å². The maximum atomic E-state index is 14.4. The topological polar surface area (TPSA) is 222 Å². The second kappa shape index (κ2) is 28.3. The molecule has 426 valence electrons. The molecule has 0 saturated carbocycles. The molecular formula is C60H88N10O8. The third-order valence-corrected chi connectivity index (χ3v) is 15.1. The summed E-state index contributed by atoms with van der Waals surface area (Å²) in [7, 11) is 3.37. The van der Waals surface area contributed by atoms with Gasteiger partial charge >= 0.3 is 0 Å². The maximum Gasteiger partial charge on any atom is 0.251 e. The summed E-state index contributed by atoms with van der Waals surface area (Å²) in [6.45, 7) is 20.3. The molecule has 2 saturated heterocycles. The van der Waals surface area contributed by atoms with Gasteiger partial charge in [0.1, 0.15) is 24.2 Å². The molecule has 0 bridgehead atoms. The SMILES string of the molecule is CN[C@@H](C)C(=O)N[C@H](C(=O)N1CCC[C@H]1CN(CCc1ccccc1)C(=O)[C@H](C)NC(=O)c1ccc(C(=O)N[C@@H](C)C(=O)N(CCc2ccccc2)C[C@@H]2CCCN2C(=O)[C@@H](NC(=O)[C@H](C)NC)C(C)(C)C)cc1)C(C)(C)C. The molecule has 18 heteroatoms. The molecule has 2 aliphatic rings. The standard InChI is InChI=1S/C60H88N10O8/c1-39(61-11)51(71)65-49(59(5,6)7)57(77)69-33-19-25-47(69)37-67(35-31-43-21-15-13-16-22-43)55(75)41(3)63-53(73)45-27-29-46(30-28-45)54(74)64-42(4)56(76)68(36-32-44-23-17-14-18-24-44)38-48-26-20-34-70(48)58(78)50(60(8,9)10)66-52(72)40(2)62-12/h13-18,21-24,27-30,39-42,47-50,61-62H,19-20,25-26,31-38H2,1-12H3,(H,63,73)(H,64,74)(H,65,71)(H,66,72)/t39-,40-,41-,42-,47-,48-,49+,50+/m0/s1. The first-order valence-electron chi connectivity index (χ1n) is 27.8. The van der Waals surface area contributed by atoms with Crippen molar-refractivity contribution >= 4 is 47.3 Å². The van der Waals surface area contributed by atoms with E-state index in [1.807, 2.05) is 102 Å². The Kier molecular flexibility index (Phi) is 22.6. The number of amides is 8. The Morgan fingerprint density at radius 1 is 0.500 bits per heavy atom. The Morgan fingerprint density at radius 3 is 1.14 bits per heavy atom. The average Bonchev–Trinajstić information content (AvgIpc) is 4.10. The number of carbonyl (C=O) groups is 8. The Bertz CT molecular complexity index is 2340. The molecule has 0 unspecified atom stereocenters. The van der Waals surface area contributed by atoms with Crippen molar-refractivity contribution in [3.63, 3.8) is 0 Å². The van der Waals surface area contributed by atoms with E-state index in [1.165, 1.54) is 24.3 Å². The van der Waals surface area contributed by atoms with Crippen molar-refractivity contribution in [3.8, 4) is 0 Å². The number of likely N-dealkylation sites (tertiary alicyclic amines) is 2. The predicted molar refractivity (Wildman–Crippen MR) is 303 cm³/mol. The van der Waals surface area contributed by atoms with Gasteiger partial charge in [-0.3, -0.25) is 38.4 Å². The first kappa shape index (κ1) is 62.2. The molecular weight excluding hydrogens is 989 g/mol. The summed E-state index contributed by atoms with van der Waals surface area (Å²) < 4.78 is 0. The van der Waals surface area contributed by atoms with Gasteiger partial charge in [0.2, 0.25) is 35.4 Å². The molecule has 18 nitrogen and oxygen atoms in total. The van der Waals surface area contributed by atoms with Crippen LogP contribution in [0.25, 0.3) is 0 Å². The van der Waals surface area contributed by atoms with Crippen LogP contribution in [0.15, 0.2) is 84.9 Å². The van der Waals surface area contributed by atoms with Crippen molar-refractivity contribution < 1.29 is 38.4 Å². The van der Waals surface area contributed by atoms with E-state index in [9.17, 15) is 38.4 Å². The van der Waals surface area contributed by atoms with Crippen molar-refractivity contribution in [2.75, 3.05) is 53.4 Å². The molecule has 0 radical (unpaired) electrons. The Labute approximate surface area is 462 Å². The van der Waals surface area contributed by atoms with Crippen LogP contribution in [-0.4, -0.2) is 169 Å². The second-order valence-corrected chi connectivity index (χ2v) is 23.3. The Balaban J connectivity index is 1.26. The van der Waals surface area contributed by atoms with Gasteiger partial charge in [0.05, 0.1) is 12.1 Å². The predicted octanol–water partition coefficient (Wildman–Crippen LogP) is 4.33. The third kappa shape index (κ3) is 17.2. The molecule has 2 aliphatic heterocycles. The van der Waals surface area contributed by atoms with Gasteiger partial charge in [-0.2, -0.15) is 0 Å². The number of likely N-dealkylation sites (N-methyl/N-ethyl adjacent to an activating group) is 2. The highest BCUT2D eigenvalue weighted by molar-refractivity contribution is 6.01. The van der Waals surface area contributed by atoms with Gasteiger partial charge < -0.3 is 51.5 Å². The zero-order valence-corrected chi connectivity index (χ0v) is 48.2. The first-order valence-corrected chi connectivity index (χ1v) is 27.8. The van der Waals surface area contributed by atoms with E-state index in [-0.39, 0.29) is 71.7 Å². The van der Waals surface area contributed by atoms with E-state index < -0.39 is 58.9 Å². The molecule has 2 heterocycles. The van der Waals surface area contributed by atoms with Crippen molar-refractivity contribution in [2.24, 2.45) is 10.8 Å². The quantitative estimate of drug-likeness (QED) is 0.0746. The van der Waals surface area contributed by atoms with E-state index in [0.29, 0.717) is 51.9 Å². The summed E-state index contributed by atoms with van der Waals surface area (Å²) in [4.78, 5) is 118. The molecule has 3 aromatic carbocycles. The minimum Gasteiger partial charge on any atom is -0.342 e. The number of rotatable bonds is 24. The lowest BCUT2D eigenvalue weighted by Crippen LogP contribution is -2.59. The summed E-state index contributed by atoms with van der Waals surface area (Å²) in [6, 6.07) is 20.4. The Morgan fingerprint density at radius 2 is 0.833 bits per heavy atom. The fraction of sp³-hybridized carbons (Fsp3) is 0.567. The van der Waals surface area contributed by atoms with Crippen LogP contribution < -0.4 is 31.9 Å². The molecule has 8 amide bonds. The molecule has 8 atom stereocenters. The van der Waals surface area contributed by atoms with Crippen LogP contribution in [0.1, 0.15) is 127 Å². The molecule has 3 aromatic rings. The lowest BCUT2D eigenvalue weighted by molar-refractivity contribution is -0.142. The third-order valence-electron chi connectivity index (χ3n) is 15.1. The number of nitrogens with zero attached hydrogens (tertiary/aromatic N) is 4. The zero-order chi connectivity index (χ0) is 57.5. The van der Waals surface area contributed by atoms with E-state index >= 15 is 0 Å². The number of carbonyl (C=O) groups excluding carboxylic acids is 8. The van der Waals surface area contributed by atoms with Gasteiger partial charge in [-0.05, 0) is 127 Å². The monoisotopic (exact) mass is 1080 g/mol. The van der Waals surface area contributed by atoms with Crippen molar-refractivity contribution in [1.29, 1.82) is 0 Å². The Hall–Kier alpha value is -6.66. The van der Waals surface area contributed by atoms with Crippen LogP contribution in [0.4, 0.5) is 0 Å². The van der Waals surface area contributed by atoms with Gasteiger partial charge in [0, 0.05) is 62.5 Å². The number of benzene rings is 3. The summed E-state index contributed by atoms with van der Waals surface area (Å²) in [6.07, 6.45) is 3.90. The first-order chi connectivity index (χ1) is 36.8. The summed E-state index contributed by atoms with van der Waals surface area (Å²) in [5.41, 5.74) is 1.31. The molecule has 0 spiro atoms. The molecule has 6 N–H and O–H groups in total. The number of hydrogen-bond acceptors (Lipinski definition) is 10.